The van der Waals surface area contributed by atoms with Crippen LogP contribution in [0.5, 0.6) is 5.75 Å². The van der Waals surface area contributed by atoms with Crippen molar-refractivity contribution in [1.82, 2.24) is 4.90 Å². The van der Waals surface area contributed by atoms with Crippen molar-refractivity contribution < 1.29 is 19.4 Å². The number of nitrogens with zero attached hydrogens (tertiary/aromatic N) is 1. The molecule has 1 N–H and O–H groups in total. The maximum Gasteiger partial charge on any atom is 0.335 e. The van der Waals surface area contributed by atoms with Crippen LogP contribution in [0, 0.1) is 0 Å². The number of benzene rings is 2. The molecule has 4 rings (SSSR count). The fourth-order valence-corrected chi connectivity index (χ4v) is 3.89. The minimum absolute atomic E-state index is 0.142. The molecule has 2 aliphatic heterocycles. The van der Waals surface area contributed by atoms with Gasteiger partial charge in [0.2, 0.25) is 6.41 Å². The lowest BCUT2D eigenvalue weighted by Crippen LogP contribution is -2.49. The summed E-state index contributed by atoms with van der Waals surface area (Å²) in [5, 5.41) is 9.02. The normalized spacial score (nSPS) is 18.1. The average molecular weight is 351 g/mol. The smallest absolute Gasteiger partial charge is 0.335 e. The van der Waals surface area contributed by atoms with Gasteiger partial charge in [0.05, 0.1) is 5.56 Å². The van der Waals surface area contributed by atoms with E-state index in [1.54, 1.807) is 12.1 Å². The van der Waals surface area contributed by atoms with Gasteiger partial charge in [-0.1, -0.05) is 18.2 Å². The number of ether oxygens (including phenoxy) is 1. The molecule has 0 radical (unpaired) electrons. The first-order valence-electron chi connectivity index (χ1n) is 8.94. The molecule has 0 aliphatic carbocycles. The second-order valence-corrected chi connectivity index (χ2v) is 7.13. The van der Waals surface area contributed by atoms with E-state index in [-0.39, 0.29) is 5.60 Å². The van der Waals surface area contributed by atoms with Crippen molar-refractivity contribution in [2.75, 3.05) is 13.1 Å². The number of amides is 1. The Morgan fingerprint density at radius 3 is 2.38 bits per heavy atom. The van der Waals surface area contributed by atoms with Crippen LogP contribution in [-0.2, 0) is 11.2 Å². The molecule has 0 unspecified atom stereocenters. The molecule has 0 saturated carbocycles. The van der Waals surface area contributed by atoms with E-state index in [1.165, 1.54) is 5.56 Å². The Hall–Kier alpha value is -2.82. The zero-order valence-electron chi connectivity index (χ0n) is 14.5. The molecule has 134 valence electrons. The maximum absolute atomic E-state index is 11.0. The highest BCUT2D eigenvalue weighted by Crippen LogP contribution is 2.40. The molecule has 2 aliphatic rings. The number of carboxylic acid groups (broad SMARTS) is 1. The van der Waals surface area contributed by atoms with E-state index in [0.717, 1.165) is 62.1 Å². The molecule has 5 nitrogen and oxygen atoms in total. The van der Waals surface area contributed by atoms with Crippen LogP contribution < -0.4 is 4.74 Å². The molecule has 1 amide bonds. The van der Waals surface area contributed by atoms with Gasteiger partial charge in [0.25, 0.3) is 0 Å². The predicted molar refractivity (Wildman–Crippen MR) is 97.4 cm³/mol. The van der Waals surface area contributed by atoms with Gasteiger partial charge in [-0.2, -0.15) is 0 Å². The van der Waals surface area contributed by atoms with Crippen LogP contribution in [-0.4, -0.2) is 41.1 Å². The second-order valence-electron chi connectivity index (χ2n) is 7.13. The summed E-state index contributed by atoms with van der Waals surface area (Å²) in [5.74, 6) is 0.0167. The third-order valence-corrected chi connectivity index (χ3v) is 5.56. The van der Waals surface area contributed by atoms with Gasteiger partial charge in [-0.05, 0) is 53.8 Å². The van der Waals surface area contributed by atoms with E-state index in [1.807, 2.05) is 29.2 Å². The quantitative estimate of drug-likeness (QED) is 0.861. The number of carboxylic acids is 1. The zero-order valence-corrected chi connectivity index (χ0v) is 14.5. The van der Waals surface area contributed by atoms with Gasteiger partial charge in [0.15, 0.2) is 0 Å². The van der Waals surface area contributed by atoms with Crippen molar-refractivity contribution in [3.63, 3.8) is 0 Å². The highest BCUT2D eigenvalue weighted by Gasteiger charge is 2.39. The molecule has 2 aromatic carbocycles. The Bertz CT molecular complexity index is 836. The maximum atomic E-state index is 11.0. The number of carbonyl (C=O) groups excluding carboxylic acids is 1. The molecule has 26 heavy (non-hydrogen) atoms. The number of likely N-dealkylation sites (tertiary alicyclic amines) is 1. The molecule has 5 heteroatoms. The Labute approximate surface area is 152 Å². The lowest BCUT2D eigenvalue weighted by molar-refractivity contribution is -0.121. The van der Waals surface area contributed by atoms with Gasteiger partial charge in [-0.25, -0.2) is 4.79 Å². The minimum atomic E-state index is -0.915. The van der Waals surface area contributed by atoms with E-state index < -0.39 is 5.97 Å². The first kappa shape index (κ1) is 16.6. The van der Waals surface area contributed by atoms with Crippen molar-refractivity contribution >= 4 is 12.4 Å². The summed E-state index contributed by atoms with van der Waals surface area (Å²) < 4.78 is 6.37. The zero-order chi connectivity index (χ0) is 18.1. The largest absolute Gasteiger partial charge is 0.487 e. The van der Waals surface area contributed by atoms with Gasteiger partial charge in [0, 0.05) is 25.9 Å². The van der Waals surface area contributed by atoms with Crippen molar-refractivity contribution in [1.29, 1.82) is 0 Å². The van der Waals surface area contributed by atoms with Crippen LogP contribution in [0.1, 0.15) is 35.2 Å². The van der Waals surface area contributed by atoms with Gasteiger partial charge in [0.1, 0.15) is 11.4 Å². The second kappa shape index (κ2) is 6.48. The van der Waals surface area contributed by atoms with Gasteiger partial charge < -0.3 is 14.7 Å². The van der Waals surface area contributed by atoms with E-state index in [4.69, 9.17) is 9.84 Å². The average Bonchev–Trinajstić information content (AvgIpc) is 2.68. The van der Waals surface area contributed by atoms with Crippen LogP contribution in [0.4, 0.5) is 0 Å². The Morgan fingerprint density at radius 2 is 1.73 bits per heavy atom. The molecule has 0 atom stereocenters. The van der Waals surface area contributed by atoms with Gasteiger partial charge in [-0.15, -0.1) is 0 Å². The molecule has 1 fully saturated rings. The highest BCUT2D eigenvalue weighted by atomic mass is 16.5. The van der Waals surface area contributed by atoms with Crippen LogP contribution in [0.3, 0.4) is 0 Å². The number of rotatable bonds is 3. The van der Waals surface area contributed by atoms with Crippen LogP contribution >= 0.6 is 0 Å². The standard InChI is InChI=1S/C21H21NO4/c23-14-22-11-9-21(10-12-22)8-7-18-13-17(5-6-19(18)26-21)15-1-3-16(4-2-15)20(24)25/h1-6,13-14H,7-12H2,(H,24,25). The summed E-state index contributed by atoms with van der Waals surface area (Å²) in [7, 11) is 0. The van der Waals surface area contributed by atoms with Gasteiger partial charge >= 0.3 is 5.97 Å². The number of hydrogen-bond acceptors (Lipinski definition) is 3. The number of aryl methyl sites for hydroxylation is 1. The Kier molecular flexibility index (Phi) is 4.15. The first-order valence-corrected chi connectivity index (χ1v) is 8.94. The topological polar surface area (TPSA) is 66.8 Å². The van der Waals surface area contributed by atoms with E-state index in [9.17, 15) is 9.59 Å². The van der Waals surface area contributed by atoms with Crippen molar-refractivity contribution in [3.05, 3.63) is 53.6 Å². The lowest BCUT2D eigenvalue weighted by atomic mass is 9.83. The summed E-state index contributed by atoms with van der Waals surface area (Å²) in [6.07, 6.45) is 4.60. The number of piperidine rings is 1. The van der Waals surface area contributed by atoms with Crippen LogP contribution in [0.15, 0.2) is 42.5 Å². The Morgan fingerprint density at radius 1 is 1.04 bits per heavy atom. The fraction of sp³-hybridized carbons (Fsp3) is 0.333. The minimum Gasteiger partial charge on any atom is -0.487 e. The number of fused-ring (bicyclic) bond motifs is 1. The lowest BCUT2D eigenvalue weighted by Gasteiger charge is -2.43. The molecule has 1 saturated heterocycles. The molecule has 2 aromatic rings. The molecule has 1 spiro atoms. The number of hydrogen-bond donors (Lipinski definition) is 1. The Balaban J connectivity index is 1.54. The third kappa shape index (κ3) is 3.05. The number of carbonyl (C=O) groups is 2. The van der Waals surface area contributed by atoms with E-state index in [0.29, 0.717) is 5.56 Å². The first-order chi connectivity index (χ1) is 12.6. The van der Waals surface area contributed by atoms with Crippen LogP contribution in [0.25, 0.3) is 11.1 Å². The van der Waals surface area contributed by atoms with E-state index >= 15 is 0 Å². The monoisotopic (exact) mass is 351 g/mol. The predicted octanol–water partition coefficient (Wildman–Crippen LogP) is 3.37. The summed E-state index contributed by atoms with van der Waals surface area (Å²) in [4.78, 5) is 23.7. The highest BCUT2D eigenvalue weighted by molar-refractivity contribution is 5.88. The molecular weight excluding hydrogens is 330 g/mol. The summed E-state index contributed by atoms with van der Waals surface area (Å²) in [6.45, 7) is 1.51. The molecular formula is C21H21NO4. The number of aromatic carboxylic acids is 1. The van der Waals surface area contributed by atoms with Crippen molar-refractivity contribution in [2.45, 2.75) is 31.3 Å². The summed E-state index contributed by atoms with van der Waals surface area (Å²) >= 11 is 0. The summed E-state index contributed by atoms with van der Waals surface area (Å²) in [6, 6.07) is 13.1. The summed E-state index contributed by atoms with van der Waals surface area (Å²) in [5.41, 5.74) is 3.40. The van der Waals surface area contributed by atoms with Crippen LogP contribution in [0.2, 0.25) is 0 Å². The SMILES string of the molecule is O=CN1CCC2(CCc3cc(-c4ccc(C(=O)O)cc4)ccc3O2)CC1. The van der Waals surface area contributed by atoms with E-state index in [2.05, 4.69) is 6.07 Å². The fourth-order valence-electron chi connectivity index (χ4n) is 3.89. The molecule has 0 aromatic heterocycles. The van der Waals surface area contributed by atoms with Gasteiger partial charge in [-0.3, -0.25) is 4.79 Å². The van der Waals surface area contributed by atoms with Crippen molar-refractivity contribution in [2.24, 2.45) is 0 Å². The van der Waals surface area contributed by atoms with Crippen molar-refractivity contribution in [3.8, 4) is 16.9 Å². The molecule has 0 bridgehead atoms. The third-order valence-electron chi connectivity index (χ3n) is 5.56. The molecule has 2 heterocycles.